The van der Waals surface area contributed by atoms with Crippen LogP contribution in [0.2, 0.25) is 0 Å². The number of benzene rings is 2. The molecule has 0 radical (unpaired) electrons. The van der Waals surface area contributed by atoms with Gasteiger partial charge in [0.1, 0.15) is 6.04 Å². The number of ether oxygens (including phenoxy) is 1. The number of carbonyl (C=O) groups excluding carboxylic acids is 3. The fourth-order valence-corrected chi connectivity index (χ4v) is 3.38. The van der Waals surface area contributed by atoms with Crippen LogP contribution >= 0.6 is 0 Å². The molecule has 1 heterocycles. The molecule has 1 saturated heterocycles. The average Bonchev–Trinajstić information content (AvgIpc) is 3.09. The standard InChI is InChI=1S/C22H24N2O4/c1-28-22(27)19(12-16-8-4-2-5-9-16)23-21(26)18-13-20(25)24(15-18)14-17-10-6-3-7-11-17/h2-11,18-19H,12-15H2,1H3,(H,23,26). The summed E-state index contributed by atoms with van der Waals surface area (Å²) < 4.78 is 4.84. The number of amides is 2. The van der Waals surface area contributed by atoms with Crippen LogP contribution in [-0.4, -0.2) is 42.4 Å². The molecule has 0 saturated carbocycles. The Labute approximate surface area is 164 Å². The molecule has 0 aromatic heterocycles. The van der Waals surface area contributed by atoms with Crippen molar-refractivity contribution in [3.63, 3.8) is 0 Å². The lowest BCUT2D eigenvalue weighted by Crippen LogP contribution is -2.46. The lowest BCUT2D eigenvalue weighted by molar-refractivity contribution is -0.145. The first-order valence-corrected chi connectivity index (χ1v) is 9.30. The predicted octanol–water partition coefficient (Wildman–Crippen LogP) is 1.94. The van der Waals surface area contributed by atoms with E-state index in [1.54, 1.807) is 4.90 Å². The van der Waals surface area contributed by atoms with Crippen LogP contribution in [0.15, 0.2) is 60.7 Å². The maximum atomic E-state index is 12.7. The SMILES string of the molecule is COC(=O)C(Cc1ccccc1)NC(=O)C1CC(=O)N(Cc2ccccc2)C1. The number of carbonyl (C=O) groups is 3. The first-order valence-electron chi connectivity index (χ1n) is 9.30. The minimum absolute atomic E-state index is 0.0540. The minimum Gasteiger partial charge on any atom is -0.467 e. The number of hydrogen-bond acceptors (Lipinski definition) is 4. The van der Waals surface area contributed by atoms with Gasteiger partial charge in [0.2, 0.25) is 11.8 Å². The van der Waals surface area contributed by atoms with Crippen LogP contribution in [0.5, 0.6) is 0 Å². The summed E-state index contributed by atoms with van der Waals surface area (Å²) in [6.45, 7) is 0.826. The fraction of sp³-hybridized carbons (Fsp3) is 0.318. The van der Waals surface area contributed by atoms with Crippen molar-refractivity contribution in [1.29, 1.82) is 0 Å². The molecule has 0 spiro atoms. The molecule has 2 aromatic carbocycles. The Hall–Kier alpha value is -3.15. The summed E-state index contributed by atoms with van der Waals surface area (Å²) in [6.07, 6.45) is 0.492. The highest BCUT2D eigenvalue weighted by atomic mass is 16.5. The molecule has 1 aliphatic heterocycles. The molecule has 1 fully saturated rings. The molecule has 1 aliphatic rings. The molecule has 1 N–H and O–H groups in total. The molecule has 3 rings (SSSR count). The van der Waals surface area contributed by atoms with Crippen LogP contribution in [0.25, 0.3) is 0 Å². The maximum absolute atomic E-state index is 12.7. The quantitative estimate of drug-likeness (QED) is 0.745. The highest BCUT2D eigenvalue weighted by molar-refractivity contribution is 5.91. The van der Waals surface area contributed by atoms with E-state index in [0.29, 0.717) is 19.5 Å². The van der Waals surface area contributed by atoms with E-state index in [4.69, 9.17) is 4.74 Å². The first-order chi connectivity index (χ1) is 13.6. The summed E-state index contributed by atoms with van der Waals surface area (Å²) in [5.41, 5.74) is 1.94. The molecule has 6 nitrogen and oxygen atoms in total. The Morgan fingerprint density at radius 3 is 2.29 bits per heavy atom. The van der Waals surface area contributed by atoms with Crippen LogP contribution in [0.3, 0.4) is 0 Å². The Morgan fingerprint density at radius 2 is 1.68 bits per heavy atom. The largest absolute Gasteiger partial charge is 0.467 e. The van der Waals surface area contributed by atoms with E-state index in [2.05, 4.69) is 5.32 Å². The number of rotatable bonds is 7. The van der Waals surface area contributed by atoms with Crippen LogP contribution in [-0.2, 0) is 32.1 Å². The summed E-state index contributed by atoms with van der Waals surface area (Å²) in [6, 6.07) is 18.3. The summed E-state index contributed by atoms with van der Waals surface area (Å²) >= 11 is 0. The van der Waals surface area contributed by atoms with Crippen molar-refractivity contribution in [3.8, 4) is 0 Å². The predicted molar refractivity (Wildman–Crippen MR) is 104 cm³/mol. The van der Waals surface area contributed by atoms with E-state index in [1.807, 2.05) is 60.7 Å². The van der Waals surface area contributed by atoms with E-state index in [9.17, 15) is 14.4 Å². The van der Waals surface area contributed by atoms with Gasteiger partial charge in [-0.05, 0) is 11.1 Å². The van der Waals surface area contributed by atoms with Crippen molar-refractivity contribution >= 4 is 17.8 Å². The fourth-order valence-electron chi connectivity index (χ4n) is 3.38. The van der Waals surface area contributed by atoms with Gasteiger partial charge in [-0.3, -0.25) is 9.59 Å². The highest BCUT2D eigenvalue weighted by Crippen LogP contribution is 2.21. The van der Waals surface area contributed by atoms with Crippen molar-refractivity contribution in [2.24, 2.45) is 5.92 Å². The Morgan fingerprint density at radius 1 is 1.07 bits per heavy atom. The zero-order valence-corrected chi connectivity index (χ0v) is 15.8. The molecule has 0 bridgehead atoms. The Balaban J connectivity index is 1.62. The minimum atomic E-state index is -0.779. The molecule has 6 heteroatoms. The van der Waals surface area contributed by atoms with Crippen molar-refractivity contribution in [1.82, 2.24) is 10.2 Å². The van der Waals surface area contributed by atoms with Gasteiger partial charge >= 0.3 is 5.97 Å². The number of nitrogens with zero attached hydrogens (tertiary/aromatic N) is 1. The summed E-state index contributed by atoms with van der Waals surface area (Å²) in [5.74, 6) is -1.32. The van der Waals surface area contributed by atoms with E-state index in [1.165, 1.54) is 7.11 Å². The Kier molecular flexibility index (Phi) is 6.42. The van der Waals surface area contributed by atoms with E-state index < -0.39 is 17.9 Å². The number of hydrogen-bond donors (Lipinski definition) is 1. The van der Waals surface area contributed by atoms with Gasteiger partial charge in [0, 0.05) is 25.9 Å². The van der Waals surface area contributed by atoms with Crippen molar-refractivity contribution in [2.45, 2.75) is 25.4 Å². The third kappa shape index (κ3) is 4.97. The second kappa shape index (κ2) is 9.17. The number of nitrogens with one attached hydrogen (secondary N) is 1. The van der Waals surface area contributed by atoms with Crippen LogP contribution < -0.4 is 5.32 Å². The molecular weight excluding hydrogens is 356 g/mol. The summed E-state index contributed by atoms with van der Waals surface area (Å²) in [5, 5.41) is 2.77. The lowest BCUT2D eigenvalue weighted by atomic mass is 10.0. The average molecular weight is 380 g/mol. The highest BCUT2D eigenvalue weighted by Gasteiger charge is 2.36. The van der Waals surface area contributed by atoms with Gasteiger partial charge < -0.3 is 15.0 Å². The van der Waals surface area contributed by atoms with Gasteiger partial charge in [-0.15, -0.1) is 0 Å². The van der Waals surface area contributed by atoms with Gasteiger partial charge in [0.15, 0.2) is 0 Å². The van der Waals surface area contributed by atoms with Crippen molar-refractivity contribution in [3.05, 3.63) is 71.8 Å². The van der Waals surface area contributed by atoms with Gasteiger partial charge in [0.05, 0.1) is 13.0 Å². The van der Waals surface area contributed by atoms with Gasteiger partial charge in [0.25, 0.3) is 0 Å². The van der Waals surface area contributed by atoms with Gasteiger partial charge in [-0.1, -0.05) is 60.7 Å². The third-order valence-corrected chi connectivity index (χ3v) is 4.89. The van der Waals surface area contributed by atoms with Crippen LogP contribution in [0, 0.1) is 5.92 Å². The smallest absolute Gasteiger partial charge is 0.328 e. The molecule has 2 aromatic rings. The first kappa shape index (κ1) is 19.6. The topological polar surface area (TPSA) is 75.7 Å². The number of likely N-dealkylation sites (tertiary alicyclic amines) is 1. The second-order valence-corrected chi connectivity index (χ2v) is 6.93. The van der Waals surface area contributed by atoms with E-state index in [0.717, 1.165) is 11.1 Å². The normalized spacial score (nSPS) is 17.2. The lowest BCUT2D eigenvalue weighted by Gasteiger charge is -2.20. The molecule has 2 atom stereocenters. The maximum Gasteiger partial charge on any atom is 0.328 e. The number of esters is 1. The number of methoxy groups -OCH3 is 1. The Bertz CT molecular complexity index is 823. The van der Waals surface area contributed by atoms with E-state index in [-0.39, 0.29) is 18.2 Å². The van der Waals surface area contributed by atoms with Crippen LogP contribution in [0.1, 0.15) is 17.5 Å². The molecule has 2 unspecified atom stereocenters. The molecule has 2 amide bonds. The monoisotopic (exact) mass is 380 g/mol. The van der Waals surface area contributed by atoms with Gasteiger partial charge in [-0.25, -0.2) is 4.79 Å². The summed E-state index contributed by atoms with van der Waals surface area (Å²) in [4.78, 5) is 38.8. The zero-order valence-electron chi connectivity index (χ0n) is 15.8. The molecule has 146 valence electrons. The molecule has 0 aliphatic carbocycles. The molecular formula is C22H24N2O4. The second-order valence-electron chi connectivity index (χ2n) is 6.93. The van der Waals surface area contributed by atoms with Crippen molar-refractivity contribution < 1.29 is 19.1 Å². The third-order valence-electron chi connectivity index (χ3n) is 4.89. The van der Waals surface area contributed by atoms with Crippen LogP contribution in [0.4, 0.5) is 0 Å². The molecule has 28 heavy (non-hydrogen) atoms. The zero-order chi connectivity index (χ0) is 19.9. The van der Waals surface area contributed by atoms with Gasteiger partial charge in [-0.2, -0.15) is 0 Å². The summed E-state index contributed by atoms with van der Waals surface area (Å²) in [7, 11) is 1.30. The van der Waals surface area contributed by atoms with Crippen molar-refractivity contribution in [2.75, 3.05) is 13.7 Å². The van der Waals surface area contributed by atoms with E-state index >= 15 is 0 Å².